The quantitative estimate of drug-likeness (QED) is 0.537. The Bertz CT molecular complexity index is 1140. The number of hydrogen-bond donors (Lipinski definition) is 2. The summed E-state index contributed by atoms with van der Waals surface area (Å²) in [6.07, 6.45) is 0.218. The highest BCUT2D eigenvalue weighted by molar-refractivity contribution is 5.95. The van der Waals surface area contributed by atoms with Gasteiger partial charge in [-0.1, -0.05) is 44.2 Å². The molecule has 31 heavy (non-hydrogen) atoms. The van der Waals surface area contributed by atoms with Gasteiger partial charge in [-0.25, -0.2) is 4.98 Å². The summed E-state index contributed by atoms with van der Waals surface area (Å²) in [7, 11) is 0. The van der Waals surface area contributed by atoms with Crippen molar-refractivity contribution in [3.63, 3.8) is 0 Å². The first-order valence-electron chi connectivity index (χ1n) is 10.5. The lowest BCUT2D eigenvalue weighted by Gasteiger charge is -2.18. The van der Waals surface area contributed by atoms with Gasteiger partial charge in [-0.2, -0.15) is 0 Å². The van der Waals surface area contributed by atoms with Crippen LogP contribution in [0, 0.1) is 0 Å². The zero-order valence-corrected chi connectivity index (χ0v) is 18.0. The molecule has 7 heteroatoms. The summed E-state index contributed by atoms with van der Waals surface area (Å²) in [4.78, 5) is 43.9. The maximum absolute atomic E-state index is 12.5. The van der Waals surface area contributed by atoms with Crippen molar-refractivity contribution < 1.29 is 14.3 Å². The van der Waals surface area contributed by atoms with Crippen molar-refractivity contribution in [3.8, 4) is 0 Å². The molecule has 2 aromatic carbocycles. The number of anilines is 1. The number of hydrogen-bond acceptors (Lipinski definition) is 5. The van der Waals surface area contributed by atoms with Gasteiger partial charge >= 0.3 is 5.97 Å². The third kappa shape index (κ3) is 5.57. The average molecular weight is 421 g/mol. The Morgan fingerprint density at radius 1 is 1.10 bits per heavy atom. The number of benzene rings is 2. The lowest BCUT2D eigenvalue weighted by Crippen LogP contribution is -2.30. The number of ether oxygens (including phenoxy) is 1. The molecule has 2 atom stereocenters. The predicted octanol–water partition coefficient (Wildman–Crippen LogP) is 3.94. The van der Waals surface area contributed by atoms with E-state index in [1.165, 1.54) is 6.92 Å². The van der Waals surface area contributed by atoms with E-state index in [4.69, 9.17) is 4.74 Å². The Morgan fingerprint density at radius 3 is 2.58 bits per heavy atom. The number of aromatic nitrogens is 2. The summed E-state index contributed by atoms with van der Waals surface area (Å²) >= 11 is 0. The molecule has 0 unspecified atom stereocenters. The molecule has 0 radical (unpaired) electrons. The van der Waals surface area contributed by atoms with Crippen molar-refractivity contribution in [1.82, 2.24) is 9.97 Å². The van der Waals surface area contributed by atoms with Crippen LogP contribution in [0.3, 0.4) is 0 Å². The second-order valence-corrected chi connectivity index (χ2v) is 7.55. The van der Waals surface area contributed by atoms with E-state index in [1.807, 2.05) is 24.3 Å². The molecule has 0 aliphatic rings. The molecule has 2 N–H and O–H groups in total. The zero-order valence-electron chi connectivity index (χ0n) is 18.0. The number of carbonyl (C=O) groups is 2. The third-order valence-corrected chi connectivity index (χ3v) is 5.27. The van der Waals surface area contributed by atoms with Crippen LogP contribution in [0.15, 0.2) is 53.3 Å². The minimum absolute atomic E-state index is 0.00234. The van der Waals surface area contributed by atoms with Crippen molar-refractivity contribution in [2.24, 2.45) is 0 Å². The number of esters is 1. The molecule has 1 aromatic heterocycles. The number of aryl methyl sites for hydroxylation is 1. The molecule has 0 aliphatic carbocycles. The lowest BCUT2D eigenvalue weighted by atomic mass is 9.97. The van der Waals surface area contributed by atoms with Gasteiger partial charge in [0.25, 0.3) is 11.5 Å². The molecule has 0 fully saturated rings. The number of rotatable bonds is 8. The third-order valence-electron chi connectivity index (χ3n) is 5.27. The number of nitrogens with one attached hydrogen (secondary N) is 2. The molecule has 3 aromatic rings. The van der Waals surface area contributed by atoms with E-state index in [2.05, 4.69) is 29.1 Å². The molecule has 1 heterocycles. The number of H-pyrrole nitrogens is 1. The second kappa shape index (κ2) is 10.0. The number of fused-ring (bicyclic) bond motifs is 1. The smallest absolute Gasteiger partial charge is 0.307 e. The van der Waals surface area contributed by atoms with Crippen LogP contribution in [0.4, 0.5) is 5.69 Å². The Hall–Kier alpha value is -3.48. The van der Waals surface area contributed by atoms with E-state index in [9.17, 15) is 14.4 Å². The van der Waals surface area contributed by atoms with Crippen LogP contribution in [0.2, 0.25) is 0 Å². The SMILES string of the molecule is CC[C@H](C)c1ccccc1NC(=O)[C@H](C)OC(=O)CCc1nc2ccccc2c(=O)[nH]1. The molecule has 0 saturated heterocycles. The van der Waals surface area contributed by atoms with Crippen LogP contribution in [0.1, 0.15) is 50.9 Å². The molecular weight excluding hydrogens is 394 g/mol. The van der Waals surface area contributed by atoms with E-state index in [1.54, 1.807) is 24.3 Å². The molecule has 0 aliphatic heterocycles. The van der Waals surface area contributed by atoms with Crippen molar-refractivity contribution in [2.75, 3.05) is 5.32 Å². The Kier molecular flexibility index (Phi) is 7.18. The minimum Gasteiger partial charge on any atom is -0.453 e. The molecule has 0 saturated carbocycles. The van der Waals surface area contributed by atoms with Crippen LogP contribution >= 0.6 is 0 Å². The Balaban J connectivity index is 1.57. The predicted molar refractivity (Wildman–Crippen MR) is 120 cm³/mol. The van der Waals surface area contributed by atoms with E-state index >= 15 is 0 Å². The van der Waals surface area contributed by atoms with Gasteiger partial charge in [-0.05, 0) is 43.0 Å². The van der Waals surface area contributed by atoms with Gasteiger partial charge in [0.05, 0.1) is 17.3 Å². The fourth-order valence-electron chi connectivity index (χ4n) is 3.28. The van der Waals surface area contributed by atoms with Gasteiger partial charge in [-0.15, -0.1) is 0 Å². The van der Waals surface area contributed by atoms with Crippen LogP contribution in [-0.4, -0.2) is 27.9 Å². The fourth-order valence-corrected chi connectivity index (χ4v) is 3.28. The molecule has 1 amide bonds. The van der Waals surface area contributed by atoms with E-state index in [0.717, 1.165) is 17.7 Å². The molecule has 3 rings (SSSR count). The maximum Gasteiger partial charge on any atom is 0.307 e. The minimum atomic E-state index is -0.943. The van der Waals surface area contributed by atoms with Gasteiger partial charge in [0.1, 0.15) is 5.82 Å². The van der Waals surface area contributed by atoms with Crippen molar-refractivity contribution in [3.05, 3.63) is 70.3 Å². The first kappa shape index (κ1) is 22.2. The largest absolute Gasteiger partial charge is 0.453 e. The lowest BCUT2D eigenvalue weighted by molar-refractivity contribution is -0.153. The number of amides is 1. The molecule has 0 bridgehead atoms. The zero-order chi connectivity index (χ0) is 22.4. The average Bonchev–Trinajstić information content (AvgIpc) is 2.77. The normalized spacial score (nSPS) is 12.9. The molecule has 0 spiro atoms. The van der Waals surface area contributed by atoms with Gasteiger partial charge in [-0.3, -0.25) is 14.4 Å². The van der Waals surface area contributed by atoms with Gasteiger partial charge < -0.3 is 15.0 Å². The van der Waals surface area contributed by atoms with Crippen molar-refractivity contribution >= 4 is 28.5 Å². The fraction of sp³-hybridized carbons (Fsp3) is 0.333. The summed E-state index contributed by atoms with van der Waals surface area (Å²) in [5.74, 6) is -0.221. The Labute approximate surface area is 180 Å². The van der Waals surface area contributed by atoms with Crippen LogP contribution in [-0.2, 0) is 20.7 Å². The molecule has 162 valence electrons. The van der Waals surface area contributed by atoms with Crippen LogP contribution < -0.4 is 10.9 Å². The molecular formula is C24H27N3O4. The van der Waals surface area contributed by atoms with Crippen molar-refractivity contribution in [2.45, 2.75) is 52.1 Å². The summed E-state index contributed by atoms with van der Waals surface area (Å²) < 4.78 is 5.28. The second-order valence-electron chi connectivity index (χ2n) is 7.55. The topological polar surface area (TPSA) is 101 Å². The summed E-state index contributed by atoms with van der Waals surface area (Å²) in [6, 6.07) is 14.6. The summed E-state index contributed by atoms with van der Waals surface area (Å²) in [6.45, 7) is 5.72. The highest BCUT2D eigenvalue weighted by Gasteiger charge is 2.20. The number of carbonyl (C=O) groups excluding carboxylic acids is 2. The van der Waals surface area contributed by atoms with Crippen LogP contribution in [0.25, 0.3) is 10.9 Å². The number of para-hydroxylation sites is 2. The van der Waals surface area contributed by atoms with Crippen molar-refractivity contribution in [1.29, 1.82) is 0 Å². The maximum atomic E-state index is 12.5. The van der Waals surface area contributed by atoms with Crippen LogP contribution in [0.5, 0.6) is 0 Å². The van der Waals surface area contributed by atoms with Gasteiger partial charge in [0, 0.05) is 12.1 Å². The number of nitrogens with zero attached hydrogens (tertiary/aromatic N) is 1. The summed E-state index contributed by atoms with van der Waals surface area (Å²) in [5, 5.41) is 3.35. The highest BCUT2D eigenvalue weighted by atomic mass is 16.5. The van der Waals surface area contributed by atoms with E-state index in [-0.39, 0.29) is 24.3 Å². The first-order chi connectivity index (χ1) is 14.9. The summed E-state index contributed by atoms with van der Waals surface area (Å²) in [5.41, 5.74) is 2.09. The number of aromatic amines is 1. The molecule has 7 nitrogen and oxygen atoms in total. The highest BCUT2D eigenvalue weighted by Crippen LogP contribution is 2.26. The van der Waals surface area contributed by atoms with Gasteiger partial charge in [0.2, 0.25) is 0 Å². The van der Waals surface area contributed by atoms with Gasteiger partial charge in [0.15, 0.2) is 6.10 Å². The Morgan fingerprint density at radius 2 is 1.81 bits per heavy atom. The van der Waals surface area contributed by atoms with E-state index < -0.39 is 12.1 Å². The monoisotopic (exact) mass is 421 g/mol. The first-order valence-corrected chi connectivity index (χ1v) is 10.5. The standard InChI is InChI=1S/C24H27N3O4/c1-4-15(2)17-9-5-7-11-19(17)26-23(29)16(3)31-22(28)14-13-21-25-20-12-8-6-10-18(20)24(30)27-21/h5-12,15-16H,4,13-14H2,1-3H3,(H,26,29)(H,25,27,30)/t15-,16-/m0/s1. The van der Waals surface area contributed by atoms with E-state index in [0.29, 0.717) is 22.6 Å².